The second-order valence-electron chi connectivity index (χ2n) is 3.22. The molecule has 0 atom stereocenters. The SMILES string of the molecule is O=C(O)CNC(=O)c1ccccc1C=CCCl. The van der Waals surface area contributed by atoms with Crippen molar-refractivity contribution in [2.45, 2.75) is 0 Å². The van der Waals surface area contributed by atoms with Gasteiger partial charge in [0.2, 0.25) is 0 Å². The molecule has 0 saturated carbocycles. The average Bonchev–Trinajstić information content (AvgIpc) is 2.33. The highest BCUT2D eigenvalue weighted by Crippen LogP contribution is 2.10. The third kappa shape index (κ3) is 4.28. The first-order valence-corrected chi connectivity index (χ1v) is 5.50. The molecule has 0 spiro atoms. The lowest BCUT2D eigenvalue weighted by molar-refractivity contribution is -0.135. The van der Waals surface area contributed by atoms with Crippen LogP contribution < -0.4 is 5.32 Å². The van der Waals surface area contributed by atoms with Crippen molar-refractivity contribution < 1.29 is 14.7 Å². The average molecular weight is 254 g/mol. The zero-order valence-corrected chi connectivity index (χ0v) is 9.78. The molecule has 4 nitrogen and oxygen atoms in total. The first-order chi connectivity index (χ1) is 8.15. The summed E-state index contributed by atoms with van der Waals surface area (Å²) in [5, 5.41) is 10.8. The number of carbonyl (C=O) groups excluding carboxylic acids is 1. The van der Waals surface area contributed by atoms with Gasteiger partial charge in [-0.3, -0.25) is 9.59 Å². The van der Waals surface area contributed by atoms with Crippen LogP contribution >= 0.6 is 11.6 Å². The molecule has 0 heterocycles. The van der Waals surface area contributed by atoms with Crippen molar-refractivity contribution >= 4 is 29.6 Å². The number of hydrogen-bond acceptors (Lipinski definition) is 2. The fourth-order valence-corrected chi connectivity index (χ4v) is 1.36. The van der Waals surface area contributed by atoms with Gasteiger partial charge in [-0.2, -0.15) is 0 Å². The lowest BCUT2D eigenvalue weighted by Crippen LogP contribution is -2.29. The first kappa shape index (κ1) is 13.3. The minimum atomic E-state index is -1.08. The van der Waals surface area contributed by atoms with Crippen LogP contribution in [0, 0.1) is 0 Å². The van der Waals surface area contributed by atoms with Gasteiger partial charge in [-0.15, -0.1) is 11.6 Å². The van der Waals surface area contributed by atoms with Crippen molar-refractivity contribution in [1.82, 2.24) is 5.32 Å². The van der Waals surface area contributed by atoms with Crippen molar-refractivity contribution in [2.24, 2.45) is 0 Å². The standard InChI is InChI=1S/C12H12ClNO3/c13-7-3-5-9-4-1-2-6-10(9)12(17)14-8-11(15)16/h1-6H,7-8H2,(H,14,17)(H,15,16). The van der Waals surface area contributed by atoms with Crippen molar-refractivity contribution in [3.05, 3.63) is 41.5 Å². The molecular formula is C12H12ClNO3. The number of nitrogens with one attached hydrogen (secondary N) is 1. The molecular weight excluding hydrogens is 242 g/mol. The lowest BCUT2D eigenvalue weighted by Gasteiger charge is -2.05. The maximum absolute atomic E-state index is 11.7. The van der Waals surface area contributed by atoms with E-state index in [4.69, 9.17) is 16.7 Å². The smallest absolute Gasteiger partial charge is 0.322 e. The lowest BCUT2D eigenvalue weighted by atomic mass is 10.1. The molecule has 17 heavy (non-hydrogen) atoms. The molecule has 0 unspecified atom stereocenters. The van der Waals surface area contributed by atoms with E-state index in [1.54, 1.807) is 36.4 Å². The highest BCUT2D eigenvalue weighted by molar-refractivity contribution is 6.19. The zero-order chi connectivity index (χ0) is 12.7. The van der Waals surface area contributed by atoms with Crippen LogP contribution in [-0.4, -0.2) is 29.4 Å². The number of benzene rings is 1. The number of halogens is 1. The number of rotatable bonds is 5. The Kier molecular flexibility index (Phi) is 5.23. The molecule has 0 fully saturated rings. The Morgan fingerprint density at radius 1 is 1.35 bits per heavy atom. The van der Waals surface area contributed by atoms with Gasteiger partial charge in [0.1, 0.15) is 6.54 Å². The fourth-order valence-electron chi connectivity index (χ4n) is 1.27. The molecule has 0 aliphatic rings. The molecule has 0 bridgehead atoms. The summed E-state index contributed by atoms with van der Waals surface area (Å²) in [5.74, 6) is -1.14. The summed E-state index contributed by atoms with van der Waals surface area (Å²) < 4.78 is 0. The largest absolute Gasteiger partial charge is 0.480 e. The van der Waals surface area contributed by atoms with Crippen LogP contribution in [0.2, 0.25) is 0 Å². The van der Waals surface area contributed by atoms with Crippen molar-refractivity contribution in [3.63, 3.8) is 0 Å². The van der Waals surface area contributed by atoms with Gasteiger partial charge < -0.3 is 10.4 Å². The molecule has 0 aliphatic carbocycles. The Morgan fingerprint density at radius 3 is 2.71 bits per heavy atom. The van der Waals surface area contributed by atoms with Gasteiger partial charge in [-0.25, -0.2) is 0 Å². The Balaban J connectivity index is 2.85. The second-order valence-corrected chi connectivity index (χ2v) is 3.53. The molecule has 1 rings (SSSR count). The minimum Gasteiger partial charge on any atom is -0.480 e. The fraction of sp³-hybridized carbons (Fsp3) is 0.167. The summed E-state index contributed by atoms with van der Waals surface area (Å²) in [7, 11) is 0. The number of hydrogen-bond donors (Lipinski definition) is 2. The van der Waals surface area contributed by atoms with Gasteiger partial charge in [0.05, 0.1) is 0 Å². The van der Waals surface area contributed by atoms with Gasteiger partial charge in [0.25, 0.3) is 5.91 Å². The van der Waals surface area contributed by atoms with Crippen LogP contribution in [0.25, 0.3) is 6.08 Å². The Morgan fingerprint density at radius 2 is 2.06 bits per heavy atom. The molecule has 5 heteroatoms. The zero-order valence-electron chi connectivity index (χ0n) is 9.02. The molecule has 0 saturated heterocycles. The predicted molar refractivity (Wildman–Crippen MR) is 66.2 cm³/mol. The number of allylic oxidation sites excluding steroid dienone is 1. The van der Waals surface area contributed by atoms with Gasteiger partial charge >= 0.3 is 5.97 Å². The van der Waals surface area contributed by atoms with Crippen LogP contribution in [0.15, 0.2) is 30.3 Å². The first-order valence-electron chi connectivity index (χ1n) is 4.96. The summed E-state index contributed by atoms with van der Waals surface area (Å²) in [6, 6.07) is 6.90. The van der Waals surface area contributed by atoms with Crippen molar-refractivity contribution in [1.29, 1.82) is 0 Å². The van der Waals surface area contributed by atoms with E-state index in [1.165, 1.54) is 0 Å². The maximum atomic E-state index is 11.7. The van der Waals surface area contributed by atoms with Gasteiger partial charge in [-0.05, 0) is 11.6 Å². The number of alkyl halides is 1. The van der Waals surface area contributed by atoms with E-state index in [2.05, 4.69) is 5.32 Å². The van der Waals surface area contributed by atoms with E-state index in [0.29, 0.717) is 17.0 Å². The van der Waals surface area contributed by atoms with Crippen LogP contribution in [-0.2, 0) is 4.79 Å². The topological polar surface area (TPSA) is 66.4 Å². The molecule has 0 radical (unpaired) electrons. The van der Waals surface area contributed by atoms with Gasteiger partial charge in [0.15, 0.2) is 0 Å². The van der Waals surface area contributed by atoms with Crippen molar-refractivity contribution in [2.75, 3.05) is 12.4 Å². The predicted octanol–water partition coefficient (Wildman–Crippen LogP) is 1.75. The summed E-state index contributed by atoms with van der Waals surface area (Å²) in [4.78, 5) is 22.0. The molecule has 1 aromatic rings. The molecule has 0 aliphatic heterocycles. The van der Waals surface area contributed by atoms with Gasteiger partial charge in [0, 0.05) is 11.4 Å². The molecule has 0 aromatic heterocycles. The Labute approximate surface area is 104 Å². The van der Waals surface area contributed by atoms with Crippen LogP contribution in [0.5, 0.6) is 0 Å². The van der Waals surface area contributed by atoms with E-state index in [9.17, 15) is 9.59 Å². The van der Waals surface area contributed by atoms with Crippen molar-refractivity contribution in [3.8, 4) is 0 Å². The molecule has 1 amide bonds. The Hall–Kier alpha value is -1.81. The van der Waals surface area contributed by atoms with Crippen LogP contribution in [0.1, 0.15) is 15.9 Å². The van der Waals surface area contributed by atoms with E-state index < -0.39 is 18.4 Å². The van der Waals surface area contributed by atoms with E-state index in [0.717, 1.165) is 0 Å². The number of carboxylic acid groups (broad SMARTS) is 1. The number of aliphatic carboxylic acids is 1. The molecule has 2 N–H and O–H groups in total. The minimum absolute atomic E-state index is 0.352. The van der Waals surface area contributed by atoms with E-state index in [-0.39, 0.29) is 0 Å². The highest BCUT2D eigenvalue weighted by atomic mass is 35.5. The van der Waals surface area contributed by atoms with Crippen LogP contribution in [0.3, 0.4) is 0 Å². The van der Waals surface area contributed by atoms with Crippen LogP contribution in [0.4, 0.5) is 0 Å². The summed E-state index contributed by atoms with van der Waals surface area (Å²) in [5.41, 5.74) is 1.13. The monoisotopic (exact) mass is 253 g/mol. The quantitative estimate of drug-likeness (QED) is 0.786. The molecule has 1 aromatic carbocycles. The summed E-state index contributed by atoms with van der Waals surface area (Å²) in [6.45, 7) is -0.396. The summed E-state index contributed by atoms with van der Waals surface area (Å²) >= 11 is 5.52. The third-order valence-corrected chi connectivity index (χ3v) is 2.17. The second kappa shape index (κ2) is 6.70. The van der Waals surface area contributed by atoms with Gasteiger partial charge in [-0.1, -0.05) is 30.4 Å². The van der Waals surface area contributed by atoms with E-state index >= 15 is 0 Å². The van der Waals surface area contributed by atoms with E-state index in [1.807, 2.05) is 0 Å². The summed E-state index contributed by atoms with van der Waals surface area (Å²) in [6.07, 6.45) is 3.44. The Bertz CT molecular complexity index is 443. The normalized spacial score (nSPS) is 10.4. The highest BCUT2D eigenvalue weighted by Gasteiger charge is 2.09. The maximum Gasteiger partial charge on any atom is 0.322 e. The number of carbonyl (C=O) groups is 2. The number of amides is 1. The number of carboxylic acids is 1. The molecule has 90 valence electrons. The third-order valence-electron chi connectivity index (χ3n) is 1.99.